The highest BCUT2D eigenvalue weighted by molar-refractivity contribution is 7.91. The zero-order chi connectivity index (χ0) is 15.4. The van der Waals surface area contributed by atoms with E-state index in [2.05, 4.69) is 0 Å². The van der Waals surface area contributed by atoms with Crippen LogP contribution in [-0.2, 0) is 9.84 Å². The largest absolute Gasteiger partial charge is 0.492 e. The lowest BCUT2D eigenvalue weighted by atomic mass is 9.96. The molecule has 0 aliphatic rings. The zero-order valence-corrected chi connectivity index (χ0v) is 12.3. The molecule has 0 amide bonds. The van der Waals surface area contributed by atoms with Gasteiger partial charge in [0.1, 0.15) is 12.4 Å². The molecule has 0 saturated carbocycles. The summed E-state index contributed by atoms with van der Waals surface area (Å²) < 4.78 is 52.7. The van der Waals surface area contributed by atoms with Crippen LogP contribution in [-0.4, -0.2) is 26.3 Å². The van der Waals surface area contributed by atoms with Crippen LogP contribution < -0.4 is 10.5 Å². The van der Waals surface area contributed by atoms with Gasteiger partial charge in [-0.2, -0.15) is 8.78 Å². The number of ether oxygens (including phenoxy) is 1. The van der Waals surface area contributed by atoms with Gasteiger partial charge in [0.25, 0.3) is 0 Å². The summed E-state index contributed by atoms with van der Waals surface area (Å²) in [5, 5.41) is 0. The molecule has 0 aliphatic heterocycles. The van der Waals surface area contributed by atoms with Crippen LogP contribution >= 0.6 is 0 Å². The summed E-state index contributed by atoms with van der Waals surface area (Å²) in [6.45, 7) is 4.18. The summed E-state index contributed by atoms with van der Waals surface area (Å²) in [5.74, 6) is -3.03. The number of rotatable bonds is 7. The Balaban J connectivity index is 2.78. The van der Waals surface area contributed by atoms with E-state index in [1.807, 2.05) is 13.8 Å². The number of halogens is 2. The zero-order valence-electron chi connectivity index (χ0n) is 11.5. The Labute approximate surface area is 117 Å². The van der Waals surface area contributed by atoms with Crippen molar-refractivity contribution in [2.45, 2.75) is 42.9 Å². The first kappa shape index (κ1) is 16.8. The maximum absolute atomic E-state index is 12.4. The van der Waals surface area contributed by atoms with Gasteiger partial charge < -0.3 is 10.5 Å². The fourth-order valence-electron chi connectivity index (χ4n) is 1.51. The van der Waals surface area contributed by atoms with E-state index >= 15 is 0 Å². The molecule has 1 aromatic rings. The van der Waals surface area contributed by atoms with Crippen LogP contribution in [0.2, 0.25) is 0 Å². The summed E-state index contributed by atoms with van der Waals surface area (Å²) in [6, 6.07) is 4.90. The monoisotopic (exact) mass is 307 g/mol. The third-order valence-corrected chi connectivity index (χ3v) is 4.72. The molecule has 0 atom stereocenters. The molecule has 0 unspecified atom stereocenters. The Bertz CT molecular complexity index is 525. The van der Waals surface area contributed by atoms with Crippen LogP contribution in [0, 0.1) is 0 Å². The summed E-state index contributed by atoms with van der Waals surface area (Å²) in [5.41, 5.74) is 5.61. The van der Waals surface area contributed by atoms with Crippen molar-refractivity contribution in [3.05, 3.63) is 24.3 Å². The number of benzene rings is 1. The standard InChI is InChI=1S/C13H19F2NO3S/c1-3-13(16,4-2)9-19-10-5-7-11(8-6-10)20(17,18)12(14)15/h5-8,12H,3-4,9,16H2,1-2H3. The van der Waals surface area contributed by atoms with Gasteiger partial charge >= 0.3 is 5.76 Å². The lowest BCUT2D eigenvalue weighted by Gasteiger charge is -2.26. The molecular weight excluding hydrogens is 288 g/mol. The molecule has 0 fully saturated rings. The maximum Gasteiger partial charge on any atom is 0.341 e. The summed E-state index contributed by atoms with van der Waals surface area (Å²) in [4.78, 5) is -0.426. The van der Waals surface area contributed by atoms with E-state index in [1.165, 1.54) is 12.1 Å². The van der Waals surface area contributed by atoms with Gasteiger partial charge in [0, 0.05) is 5.54 Å². The average Bonchev–Trinajstić information content (AvgIpc) is 2.45. The van der Waals surface area contributed by atoms with Crippen LogP contribution in [0.3, 0.4) is 0 Å². The molecule has 1 aromatic carbocycles. The van der Waals surface area contributed by atoms with Crippen molar-refractivity contribution in [3.8, 4) is 5.75 Å². The molecule has 0 bridgehead atoms. The topological polar surface area (TPSA) is 69.4 Å². The maximum atomic E-state index is 12.4. The molecular formula is C13H19F2NO3S. The first-order chi connectivity index (χ1) is 9.25. The predicted octanol–water partition coefficient (Wildman–Crippen LogP) is 2.58. The van der Waals surface area contributed by atoms with Crippen LogP contribution in [0.5, 0.6) is 5.75 Å². The first-order valence-corrected chi connectivity index (χ1v) is 7.83. The van der Waals surface area contributed by atoms with Gasteiger partial charge in [0.05, 0.1) is 4.90 Å². The summed E-state index contributed by atoms with van der Waals surface area (Å²) in [7, 11) is -4.56. The lowest BCUT2D eigenvalue weighted by Crippen LogP contribution is -2.44. The molecule has 2 N–H and O–H groups in total. The Hall–Kier alpha value is -1.21. The minimum Gasteiger partial charge on any atom is -0.492 e. The third kappa shape index (κ3) is 3.89. The molecule has 1 rings (SSSR count). The second-order valence-corrected chi connectivity index (χ2v) is 6.55. The highest BCUT2D eigenvalue weighted by Crippen LogP contribution is 2.22. The van der Waals surface area contributed by atoms with Crippen LogP contribution in [0.25, 0.3) is 0 Å². The van der Waals surface area contributed by atoms with Gasteiger partial charge in [-0.15, -0.1) is 0 Å². The van der Waals surface area contributed by atoms with E-state index in [0.29, 0.717) is 5.75 Å². The molecule has 0 saturated heterocycles. The van der Waals surface area contributed by atoms with Crippen molar-refractivity contribution < 1.29 is 21.9 Å². The molecule has 0 aliphatic carbocycles. The number of hydrogen-bond acceptors (Lipinski definition) is 4. The van der Waals surface area contributed by atoms with E-state index in [9.17, 15) is 17.2 Å². The van der Waals surface area contributed by atoms with Crippen molar-refractivity contribution in [3.63, 3.8) is 0 Å². The van der Waals surface area contributed by atoms with Gasteiger partial charge in [0.15, 0.2) is 0 Å². The molecule has 4 nitrogen and oxygen atoms in total. The first-order valence-electron chi connectivity index (χ1n) is 6.29. The van der Waals surface area contributed by atoms with Crippen molar-refractivity contribution in [1.29, 1.82) is 0 Å². The van der Waals surface area contributed by atoms with Crippen molar-refractivity contribution in [2.75, 3.05) is 6.61 Å². The van der Waals surface area contributed by atoms with Crippen molar-refractivity contribution >= 4 is 9.84 Å². The number of sulfone groups is 1. The smallest absolute Gasteiger partial charge is 0.341 e. The predicted molar refractivity (Wildman–Crippen MR) is 72.6 cm³/mol. The van der Waals surface area contributed by atoms with Crippen LogP contribution in [0.15, 0.2) is 29.2 Å². The molecule has 0 heterocycles. The molecule has 7 heteroatoms. The number of hydrogen-bond donors (Lipinski definition) is 1. The third-order valence-electron chi connectivity index (χ3n) is 3.32. The molecule has 114 valence electrons. The van der Waals surface area contributed by atoms with Crippen molar-refractivity contribution in [1.82, 2.24) is 0 Å². The molecule has 0 radical (unpaired) electrons. The highest BCUT2D eigenvalue weighted by atomic mass is 32.2. The van der Waals surface area contributed by atoms with Gasteiger partial charge in [-0.25, -0.2) is 8.42 Å². The fraction of sp³-hybridized carbons (Fsp3) is 0.538. The Morgan fingerprint density at radius 1 is 1.20 bits per heavy atom. The second kappa shape index (κ2) is 6.49. The Morgan fingerprint density at radius 2 is 1.70 bits per heavy atom. The van der Waals surface area contributed by atoms with E-state index < -0.39 is 26.0 Å². The van der Waals surface area contributed by atoms with Gasteiger partial charge in [0.2, 0.25) is 9.84 Å². The van der Waals surface area contributed by atoms with Crippen LogP contribution in [0.1, 0.15) is 26.7 Å². The Morgan fingerprint density at radius 3 is 2.10 bits per heavy atom. The lowest BCUT2D eigenvalue weighted by molar-refractivity contribution is 0.207. The van der Waals surface area contributed by atoms with E-state index in [0.717, 1.165) is 25.0 Å². The van der Waals surface area contributed by atoms with Crippen LogP contribution in [0.4, 0.5) is 8.78 Å². The minimum absolute atomic E-state index is 0.279. The second-order valence-electron chi connectivity index (χ2n) is 4.64. The van der Waals surface area contributed by atoms with Crippen molar-refractivity contribution in [2.24, 2.45) is 5.73 Å². The quantitative estimate of drug-likeness (QED) is 0.840. The van der Waals surface area contributed by atoms with Gasteiger partial charge in [-0.3, -0.25) is 0 Å². The molecule has 0 aromatic heterocycles. The van der Waals surface area contributed by atoms with Gasteiger partial charge in [-0.1, -0.05) is 13.8 Å². The van der Waals surface area contributed by atoms with E-state index in [4.69, 9.17) is 10.5 Å². The summed E-state index contributed by atoms with van der Waals surface area (Å²) in [6.07, 6.45) is 1.47. The number of alkyl halides is 2. The number of nitrogens with two attached hydrogens (primary N) is 1. The SMILES string of the molecule is CCC(N)(CC)COc1ccc(S(=O)(=O)C(F)F)cc1. The minimum atomic E-state index is -4.56. The fourth-order valence-corrected chi connectivity index (χ4v) is 2.23. The summed E-state index contributed by atoms with van der Waals surface area (Å²) >= 11 is 0. The molecule has 20 heavy (non-hydrogen) atoms. The molecule has 0 spiro atoms. The Kier molecular flexibility index (Phi) is 5.47. The highest BCUT2D eigenvalue weighted by Gasteiger charge is 2.26. The average molecular weight is 307 g/mol. The normalized spacial score (nSPS) is 12.7. The van der Waals surface area contributed by atoms with E-state index in [-0.39, 0.29) is 6.61 Å². The van der Waals surface area contributed by atoms with Gasteiger partial charge in [-0.05, 0) is 37.1 Å². The van der Waals surface area contributed by atoms with E-state index in [1.54, 1.807) is 0 Å².